The number of anilines is 1. The normalized spacial score (nSPS) is 14.9. The van der Waals surface area contributed by atoms with Gasteiger partial charge in [0.05, 0.1) is 6.42 Å². The van der Waals surface area contributed by atoms with Crippen molar-refractivity contribution in [3.8, 4) is 0 Å². The third-order valence-corrected chi connectivity index (χ3v) is 6.65. The van der Waals surface area contributed by atoms with Crippen LogP contribution in [0.1, 0.15) is 47.7 Å². The van der Waals surface area contributed by atoms with Crippen LogP contribution in [0.2, 0.25) is 0 Å². The predicted octanol–water partition coefficient (Wildman–Crippen LogP) is 5.43. The topological polar surface area (TPSA) is 49.4 Å². The fraction of sp³-hybridized carbons (Fsp3) is 0.308. The van der Waals surface area contributed by atoms with E-state index in [0.717, 1.165) is 47.4 Å². The quantitative estimate of drug-likeness (QED) is 0.541. The second-order valence-corrected chi connectivity index (χ2v) is 9.19. The number of rotatable bonds is 7. The SMILES string of the molecule is Cc1cccc(N(C(=O)Cc2cccs2)C(C(=O)NC2CCCC2)c2ccccc2)c1. The molecule has 1 N–H and O–H groups in total. The molecule has 0 aliphatic heterocycles. The predicted molar refractivity (Wildman–Crippen MR) is 126 cm³/mol. The average molecular weight is 433 g/mol. The lowest BCUT2D eigenvalue weighted by Gasteiger charge is -2.32. The summed E-state index contributed by atoms with van der Waals surface area (Å²) >= 11 is 1.56. The summed E-state index contributed by atoms with van der Waals surface area (Å²) in [5.74, 6) is -0.192. The third-order valence-electron chi connectivity index (χ3n) is 5.78. The molecule has 0 bridgehead atoms. The third kappa shape index (κ3) is 5.23. The fourth-order valence-corrected chi connectivity index (χ4v) is 4.96. The summed E-state index contributed by atoms with van der Waals surface area (Å²) in [5, 5.41) is 5.20. The summed E-state index contributed by atoms with van der Waals surface area (Å²) in [6.45, 7) is 2.00. The number of nitrogens with zero attached hydrogens (tertiary/aromatic N) is 1. The maximum absolute atomic E-state index is 13.6. The molecule has 0 saturated heterocycles. The van der Waals surface area contributed by atoms with Gasteiger partial charge in [-0.2, -0.15) is 0 Å². The zero-order valence-electron chi connectivity index (χ0n) is 17.8. The highest BCUT2D eigenvalue weighted by molar-refractivity contribution is 7.10. The summed E-state index contributed by atoms with van der Waals surface area (Å²) in [6.07, 6.45) is 4.55. The van der Waals surface area contributed by atoms with E-state index in [1.165, 1.54) is 0 Å². The molecular formula is C26H28N2O2S. The van der Waals surface area contributed by atoms with E-state index in [0.29, 0.717) is 0 Å². The largest absolute Gasteiger partial charge is 0.351 e. The van der Waals surface area contributed by atoms with Gasteiger partial charge in [0.15, 0.2) is 0 Å². The van der Waals surface area contributed by atoms with Gasteiger partial charge in [0.2, 0.25) is 11.8 Å². The van der Waals surface area contributed by atoms with Crippen LogP contribution in [0.4, 0.5) is 5.69 Å². The first-order valence-corrected chi connectivity index (χ1v) is 11.8. The van der Waals surface area contributed by atoms with Gasteiger partial charge in [-0.1, -0.05) is 61.4 Å². The van der Waals surface area contributed by atoms with Crippen molar-refractivity contribution in [2.45, 2.75) is 51.1 Å². The van der Waals surface area contributed by atoms with Crippen molar-refractivity contribution >= 4 is 28.8 Å². The number of aryl methyl sites for hydroxylation is 1. The van der Waals surface area contributed by atoms with Crippen molar-refractivity contribution in [1.82, 2.24) is 5.32 Å². The van der Waals surface area contributed by atoms with E-state index in [4.69, 9.17) is 0 Å². The Balaban J connectivity index is 1.74. The average Bonchev–Trinajstić information content (AvgIpc) is 3.46. The molecule has 4 rings (SSSR count). The van der Waals surface area contributed by atoms with Crippen molar-refractivity contribution in [2.75, 3.05) is 4.90 Å². The zero-order chi connectivity index (χ0) is 21.6. The number of carbonyl (C=O) groups is 2. The molecule has 2 amide bonds. The molecule has 1 fully saturated rings. The Kier molecular flexibility index (Phi) is 6.82. The molecule has 1 unspecified atom stereocenters. The van der Waals surface area contributed by atoms with Crippen LogP contribution in [0.3, 0.4) is 0 Å². The Labute approximate surface area is 187 Å². The minimum absolute atomic E-state index is 0.0801. The molecule has 4 nitrogen and oxygen atoms in total. The number of hydrogen-bond donors (Lipinski definition) is 1. The molecule has 1 atom stereocenters. The van der Waals surface area contributed by atoms with Gasteiger partial charge in [-0.3, -0.25) is 14.5 Å². The maximum atomic E-state index is 13.6. The minimum Gasteiger partial charge on any atom is -0.351 e. The second kappa shape index (κ2) is 9.92. The van der Waals surface area contributed by atoms with E-state index in [-0.39, 0.29) is 24.3 Å². The van der Waals surface area contributed by atoms with Crippen LogP contribution < -0.4 is 10.2 Å². The molecule has 31 heavy (non-hydrogen) atoms. The van der Waals surface area contributed by atoms with E-state index in [2.05, 4.69) is 5.32 Å². The van der Waals surface area contributed by atoms with Gasteiger partial charge in [0.25, 0.3) is 0 Å². The summed E-state index contributed by atoms with van der Waals surface area (Å²) in [6, 6.07) is 20.9. The summed E-state index contributed by atoms with van der Waals surface area (Å²) in [7, 11) is 0. The highest BCUT2D eigenvalue weighted by Gasteiger charge is 2.34. The summed E-state index contributed by atoms with van der Waals surface area (Å²) in [5.41, 5.74) is 2.62. The number of nitrogens with one attached hydrogen (secondary N) is 1. The Morgan fingerprint density at radius 3 is 2.48 bits per heavy atom. The number of hydrogen-bond acceptors (Lipinski definition) is 3. The monoisotopic (exact) mass is 432 g/mol. The van der Waals surface area contributed by atoms with Crippen molar-refractivity contribution in [3.05, 3.63) is 88.1 Å². The van der Waals surface area contributed by atoms with Gasteiger partial charge in [0, 0.05) is 16.6 Å². The van der Waals surface area contributed by atoms with Crippen LogP contribution in [0.5, 0.6) is 0 Å². The first kappa shape index (κ1) is 21.3. The molecule has 1 aromatic heterocycles. The molecule has 1 aliphatic carbocycles. The van der Waals surface area contributed by atoms with E-state index in [1.54, 1.807) is 16.2 Å². The Morgan fingerprint density at radius 2 is 1.81 bits per heavy atom. The van der Waals surface area contributed by atoms with Gasteiger partial charge >= 0.3 is 0 Å². The van der Waals surface area contributed by atoms with E-state index in [1.807, 2.05) is 79.0 Å². The molecule has 1 aliphatic rings. The summed E-state index contributed by atoms with van der Waals surface area (Å²) in [4.78, 5) is 29.9. The standard InChI is InChI=1S/C26H28N2O2S/c1-19-9-7-14-22(17-19)28(24(29)18-23-15-8-16-31-23)25(20-10-3-2-4-11-20)26(30)27-21-12-5-6-13-21/h2-4,7-11,14-17,21,25H,5-6,12-13,18H2,1H3,(H,27,30). The molecule has 2 aromatic carbocycles. The van der Waals surface area contributed by atoms with Crippen LogP contribution >= 0.6 is 11.3 Å². The van der Waals surface area contributed by atoms with E-state index >= 15 is 0 Å². The van der Waals surface area contributed by atoms with Crippen molar-refractivity contribution in [3.63, 3.8) is 0 Å². The van der Waals surface area contributed by atoms with Crippen LogP contribution in [0.15, 0.2) is 72.1 Å². The van der Waals surface area contributed by atoms with Crippen molar-refractivity contribution in [1.29, 1.82) is 0 Å². The molecule has 0 spiro atoms. The van der Waals surface area contributed by atoms with Gasteiger partial charge < -0.3 is 5.32 Å². The molecular weight excluding hydrogens is 404 g/mol. The number of carbonyl (C=O) groups excluding carboxylic acids is 2. The lowest BCUT2D eigenvalue weighted by Crippen LogP contribution is -2.46. The number of thiophene rings is 1. The Morgan fingerprint density at radius 1 is 1.03 bits per heavy atom. The lowest BCUT2D eigenvalue weighted by molar-refractivity contribution is -0.127. The molecule has 0 radical (unpaired) electrons. The van der Waals surface area contributed by atoms with Crippen molar-refractivity contribution < 1.29 is 9.59 Å². The summed E-state index contributed by atoms with van der Waals surface area (Å²) < 4.78 is 0. The van der Waals surface area contributed by atoms with Crippen molar-refractivity contribution in [2.24, 2.45) is 0 Å². The minimum atomic E-state index is -0.712. The Hall–Kier alpha value is -2.92. The van der Waals surface area contributed by atoms with Crippen LogP contribution in [0.25, 0.3) is 0 Å². The second-order valence-electron chi connectivity index (χ2n) is 8.16. The highest BCUT2D eigenvalue weighted by Crippen LogP contribution is 2.30. The highest BCUT2D eigenvalue weighted by atomic mass is 32.1. The van der Waals surface area contributed by atoms with E-state index < -0.39 is 6.04 Å². The van der Waals surface area contributed by atoms with Gasteiger partial charge in [-0.25, -0.2) is 0 Å². The van der Waals surface area contributed by atoms with Gasteiger partial charge in [-0.15, -0.1) is 11.3 Å². The first-order chi connectivity index (χ1) is 15.1. The maximum Gasteiger partial charge on any atom is 0.248 e. The fourth-order valence-electron chi connectivity index (χ4n) is 4.27. The number of amides is 2. The van der Waals surface area contributed by atoms with Gasteiger partial charge in [0.1, 0.15) is 6.04 Å². The molecule has 160 valence electrons. The zero-order valence-corrected chi connectivity index (χ0v) is 18.6. The Bertz CT molecular complexity index is 1010. The number of benzene rings is 2. The van der Waals surface area contributed by atoms with Gasteiger partial charge in [-0.05, 0) is 54.5 Å². The van der Waals surface area contributed by atoms with Crippen LogP contribution in [0, 0.1) is 6.92 Å². The molecule has 1 heterocycles. The molecule has 5 heteroatoms. The smallest absolute Gasteiger partial charge is 0.248 e. The van der Waals surface area contributed by atoms with Crippen LogP contribution in [-0.4, -0.2) is 17.9 Å². The van der Waals surface area contributed by atoms with E-state index in [9.17, 15) is 9.59 Å². The lowest BCUT2D eigenvalue weighted by atomic mass is 10.0. The molecule has 1 saturated carbocycles. The first-order valence-electron chi connectivity index (χ1n) is 10.9. The van der Waals surface area contributed by atoms with Crippen LogP contribution in [-0.2, 0) is 16.0 Å². The molecule has 3 aromatic rings.